The van der Waals surface area contributed by atoms with Crippen LogP contribution in [-0.4, -0.2) is 27.7 Å². The Hall–Kier alpha value is -3.26. The van der Waals surface area contributed by atoms with Crippen LogP contribution in [-0.2, 0) is 10.0 Å². The Balaban J connectivity index is 2.00. The zero-order valence-electron chi connectivity index (χ0n) is 14.5. The van der Waals surface area contributed by atoms with Crippen LogP contribution in [0.25, 0.3) is 22.6 Å². The third kappa shape index (κ3) is 2.48. The van der Waals surface area contributed by atoms with Gasteiger partial charge < -0.3 is 14.3 Å². The zero-order valence-corrected chi connectivity index (χ0v) is 15.3. The second-order valence-corrected chi connectivity index (χ2v) is 7.95. The summed E-state index contributed by atoms with van der Waals surface area (Å²) in [6.45, 7) is 0. The number of sulfonamides is 1. The van der Waals surface area contributed by atoms with Crippen molar-refractivity contribution in [1.29, 1.82) is 0 Å². The number of benzene rings is 2. The molecule has 0 fully saturated rings. The highest BCUT2D eigenvalue weighted by molar-refractivity contribution is 7.93. The molecule has 0 saturated heterocycles. The standard InChI is InChI=1S/C19H15NO6S/c1-20-18-14(22)10-16(11-7-8-15(25-2)13(21)9-11)26-19(18)12-5-3-4-6-17(12)27(20,23)24/h3-10,21H,1-2H3. The molecular weight excluding hydrogens is 370 g/mol. The molecular formula is C19H15NO6S. The summed E-state index contributed by atoms with van der Waals surface area (Å²) in [5.41, 5.74) is 0.237. The first-order valence-electron chi connectivity index (χ1n) is 7.98. The third-order valence-electron chi connectivity index (χ3n) is 4.47. The van der Waals surface area contributed by atoms with Crippen molar-refractivity contribution >= 4 is 15.7 Å². The molecule has 2 aromatic carbocycles. The predicted molar refractivity (Wildman–Crippen MR) is 99.7 cm³/mol. The predicted octanol–water partition coefficient (Wildman–Crippen LogP) is 2.83. The van der Waals surface area contributed by atoms with Crippen LogP contribution in [0.3, 0.4) is 0 Å². The van der Waals surface area contributed by atoms with Crippen molar-refractivity contribution in [3.8, 4) is 34.1 Å². The quantitative estimate of drug-likeness (QED) is 0.729. The van der Waals surface area contributed by atoms with Gasteiger partial charge >= 0.3 is 0 Å². The highest BCUT2D eigenvalue weighted by Gasteiger charge is 2.36. The summed E-state index contributed by atoms with van der Waals surface area (Å²) in [7, 11) is -1.08. The summed E-state index contributed by atoms with van der Waals surface area (Å²) in [6.07, 6.45) is 0. The zero-order chi connectivity index (χ0) is 19.3. The van der Waals surface area contributed by atoms with Crippen LogP contribution in [0, 0.1) is 0 Å². The van der Waals surface area contributed by atoms with Crippen molar-refractivity contribution in [3.63, 3.8) is 0 Å². The van der Waals surface area contributed by atoms with Gasteiger partial charge in [-0.1, -0.05) is 12.1 Å². The van der Waals surface area contributed by atoms with E-state index in [0.29, 0.717) is 11.1 Å². The van der Waals surface area contributed by atoms with E-state index >= 15 is 0 Å². The number of nitrogens with zero attached hydrogens (tertiary/aromatic N) is 1. The van der Waals surface area contributed by atoms with Crippen LogP contribution < -0.4 is 14.5 Å². The maximum absolute atomic E-state index is 12.7. The Morgan fingerprint density at radius 1 is 1.11 bits per heavy atom. The van der Waals surface area contributed by atoms with E-state index in [1.54, 1.807) is 30.3 Å². The minimum atomic E-state index is -3.83. The molecule has 1 aliphatic heterocycles. The maximum atomic E-state index is 12.7. The van der Waals surface area contributed by atoms with Crippen molar-refractivity contribution in [2.75, 3.05) is 18.5 Å². The average molecular weight is 385 g/mol. The van der Waals surface area contributed by atoms with Gasteiger partial charge in [0.15, 0.2) is 17.3 Å². The lowest BCUT2D eigenvalue weighted by molar-refractivity contribution is 0.373. The highest BCUT2D eigenvalue weighted by atomic mass is 32.2. The van der Waals surface area contributed by atoms with Gasteiger partial charge in [0, 0.05) is 24.2 Å². The number of methoxy groups -OCH3 is 1. The third-order valence-corrected chi connectivity index (χ3v) is 6.29. The fraction of sp³-hybridized carbons (Fsp3) is 0.105. The van der Waals surface area contributed by atoms with E-state index in [-0.39, 0.29) is 33.6 Å². The molecule has 3 aromatic rings. The number of anilines is 1. The minimum absolute atomic E-state index is 0.0461. The molecule has 27 heavy (non-hydrogen) atoms. The molecule has 8 heteroatoms. The van der Waals surface area contributed by atoms with E-state index in [1.165, 1.54) is 32.4 Å². The molecule has 1 aliphatic rings. The van der Waals surface area contributed by atoms with Crippen molar-refractivity contribution in [1.82, 2.24) is 0 Å². The molecule has 1 aromatic heterocycles. The Labute approximate surface area is 155 Å². The second kappa shape index (κ2) is 5.88. The van der Waals surface area contributed by atoms with E-state index in [9.17, 15) is 18.3 Å². The van der Waals surface area contributed by atoms with Gasteiger partial charge in [0.2, 0.25) is 5.43 Å². The van der Waals surface area contributed by atoms with Gasteiger partial charge in [0.05, 0.1) is 12.0 Å². The Kier molecular flexibility index (Phi) is 3.74. The minimum Gasteiger partial charge on any atom is -0.504 e. The first-order chi connectivity index (χ1) is 12.8. The summed E-state index contributed by atoms with van der Waals surface area (Å²) >= 11 is 0. The highest BCUT2D eigenvalue weighted by Crippen LogP contribution is 2.42. The average Bonchev–Trinajstić information content (AvgIpc) is 2.66. The fourth-order valence-corrected chi connectivity index (χ4v) is 4.50. The fourth-order valence-electron chi connectivity index (χ4n) is 3.10. The van der Waals surface area contributed by atoms with Crippen molar-refractivity contribution in [3.05, 3.63) is 58.8 Å². The summed E-state index contributed by atoms with van der Waals surface area (Å²) in [6, 6.07) is 12.2. The molecule has 0 radical (unpaired) electrons. The molecule has 0 bridgehead atoms. The van der Waals surface area contributed by atoms with Gasteiger partial charge in [-0.05, 0) is 30.3 Å². The lowest BCUT2D eigenvalue weighted by atomic mass is 10.1. The molecule has 1 N–H and O–H groups in total. The van der Waals surface area contributed by atoms with Gasteiger partial charge in [0.1, 0.15) is 11.4 Å². The first-order valence-corrected chi connectivity index (χ1v) is 9.42. The summed E-state index contributed by atoms with van der Waals surface area (Å²) in [4.78, 5) is 12.8. The van der Waals surface area contributed by atoms with Crippen LogP contribution in [0.2, 0.25) is 0 Å². The lowest BCUT2D eigenvalue weighted by Crippen LogP contribution is -2.34. The van der Waals surface area contributed by atoms with Crippen molar-refractivity contribution in [2.24, 2.45) is 0 Å². The summed E-state index contributed by atoms with van der Waals surface area (Å²) in [5, 5.41) is 10.00. The Morgan fingerprint density at radius 2 is 1.85 bits per heavy atom. The molecule has 0 saturated carbocycles. The summed E-state index contributed by atoms with van der Waals surface area (Å²) < 4.78 is 37.3. The van der Waals surface area contributed by atoms with Crippen LogP contribution in [0.5, 0.6) is 11.5 Å². The largest absolute Gasteiger partial charge is 0.504 e. The van der Waals surface area contributed by atoms with Crippen LogP contribution in [0.4, 0.5) is 5.69 Å². The molecule has 0 aliphatic carbocycles. The Morgan fingerprint density at radius 3 is 2.56 bits per heavy atom. The van der Waals surface area contributed by atoms with E-state index in [2.05, 4.69) is 0 Å². The van der Waals surface area contributed by atoms with Gasteiger partial charge in [-0.25, -0.2) is 8.42 Å². The molecule has 0 amide bonds. The monoisotopic (exact) mass is 385 g/mol. The number of ether oxygens (including phenoxy) is 1. The summed E-state index contributed by atoms with van der Waals surface area (Å²) in [5.74, 6) is 0.561. The number of phenolic OH excluding ortho intramolecular Hbond substituents is 1. The number of aromatic hydroxyl groups is 1. The first kappa shape index (κ1) is 17.2. The van der Waals surface area contributed by atoms with E-state index in [4.69, 9.17) is 9.15 Å². The second-order valence-electron chi connectivity index (χ2n) is 6.01. The van der Waals surface area contributed by atoms with Gasteiger partial charge in [0.25, 0.3) is 10.0 Å². The number of hydrogen-bond acceptors (Lipinski definition) is 6. The van der Waals surface area contributed by atoms with E-state index in [0.717, 1.165) is 4.31 Å². The maximum Gasteiger partial charge on any atom is 0.265 e. The molecule has 0 atom stereocenters. The smallest absolute Gasteiger partial charge is 0.265 e. The molecule has 0 unspecified atom stereocenters. The molecule has 138 valence electrons. The molecule has 2 heterocycles. The van der Waals surface area contributed by atoms with E-state index in [1.807, 2.05) is 0 Å². The molecule has 0 spiro atoms. The lowest BCUT2D eigenvalue weighted by Gasteiger charge is -2.27. The number of hydrogen-bond donors (Lipinski definition) is 1. The van der Waals surface area contributed by atoms with Crippen molar-refractivity contribution < 1.29 is 22.7 Å². The van der Waals surface area contributed by atoms with Crippen LogP contribution in [0.15, 0.2) is 62.6 Å². The van der Waals surface area contributed by atoms with Crippen LogP contribution in [0.1, 0.15) is 0 Å². The van der Waals surface area contributed by atoms with E-state index < -0.39 is 15.5 Å². The van der Waals surface area contributed by atoms with Crippen LogP contribution >= 0.6 is 0 Å². The number of rotatable bonds is 2. The topological polar surface area (TPSA) is 97.0 Å². The molecule has 7 nitrogen and oxygen atoms in total. The normalized spacial score (nSPS) is 14.4. The number of fused-ring (bicyclic) bond motifs is 3. The van der Waals surface area contributed by atoms with Gasteiger partial charge in [-0.3, -0.25) is 9.10 Å². The van der Waals surface area contributed by atoms with Gasteiger partial charge in [-0.15, -0.1) is 0 Å². The van der Waals surface area contributed by atoms with Gasteiger partial charge in [-0.2, -0.15) is 0 Å². The van der Waals surface area contributed by atoms with Crippen molar-refractivity contribution in [2.45, 2.75) is 4.90 Å². The molecule has 4 rings (SSSR count). The SMILES string of the molecule is COc1ccc(-c2cc(=O)c3c(o2)-c2ccccc2S(=O)(=O)N3C)cc1O. The Bertz CT molecular complexity index is 1230. The number of phenols is 1.